The summed E-state index contributed by atoms with van der Waals surface area (Å²) in [6.45, 7) is 3.13. The topological polar surface area (TPSA) is 68.9 Å². The molecule has 18 heavy (non-hydrogen) atoms. The normalized spacial score (nSPS) is 22.4. The summed E-state index contributed by atoms with van der Waals surface area (Å²) < 4.78 is 10.7. The van der Waals surface area contributed by atoms with Crippen molar-refractivity contribution >= 4 is 5.96 Å². The maximum Gasteiger partial charge on any atom is 0.189 e. The minimum Gasteiger partial charge on any atom is -0.488 e. The van der Waals surface area contributed by atoms with E-state index in [9.17, 15) is 0 Å². The smallest absolute Gasteiger partial charge is 0.189 e. The molecule has 0 saturated heterocycles. The van der Waals surface area contributed by atoms with Crippen molar-refractivity contribution in [1.29, 1.82) is 0 Å². The first kappa shape index (κ1) is 12.7. The summed E-state index contributed by atoms with van der Waals surface area (Å²) in [7, 11) is 1.64. The van der Waals surface area contributed by atoms with Crippen LogP contribution in [0.2, 0.25) is 0 Å². The monoisotopic (exact) mass is 249 g/mol. The van der Waals surface area contributed by atoms with Crippen LogP contribution in [0.3, 0.4) is 0 Å². The third kappa shape index (κ3) is 2.73. The molecule has 2 rings (SSSR count). The summed E-state index contributed by atoms with van der Waals surface area (Å²) >= 11 is 0. The zero-order valence-corrected chi connectivity index (χ0v) is 10.7. The van der Waals surface area contributed by atoms with E-state index in [0.717, 1.165) is 11.3 Å². The number of guanidine groups is 1. The third-order valence-electron chi connectivity index (χ3n) is 2.92. The predicted molar refractivity (Wildman–Crippen MR) is 70.8 cm³/mol. The van der Waals surface area contributed by atoms with Gasteiger partial charge in [0.15, 0.2) is 5.96 Å². The summed E-state index contributed by atoms with van der Waals surface area (Å²) in [5.74, 6) is 1.33. The highest BCUT2D eigenvalue weighted by Gasteiger charge is 2.30. The van der Waals surface area contributed by atoms with Crippen molar-refractivity contribution in [2.75, 3.05) is 20.3 Å². The van der Waals surface area contributed by atoms with Crippen LogP contribution in [0.1, 0.15) is 18.5 Å². The number of nitrogens with zero attached hydrogens (tertiary/aromatic N) is 1. The largest absolute Gasteiger partial charge is 0.488 e. The fourth-order valence-electron chi connectivity index (χ4n) is 2.02. The molecule has 0 fully saturated rings. The second kappa shape index (κ2) is 5.73. The van der Waals surface area contributed by atoms with Gasteiger partial charge in [-0.15, -0.1) is 0 Å². The summed E-state index contributed by atoms with van der Waals surface area (Å²) in [6, 6.07) is 8.01. The van der Waals surface area contributed by atoms with Gasteiger partial charge in [0.1, 0.15) is 11.9 Å². The number of fused-ring (bicyclic) bond motifs is 1. The molecule has 0 radical (unpaired) electrons. The van der Waals surface area contributed by atoms with E-state index in [1.807, 2.05) is 31.2 Å². The predicted octanol–water partition coefficient (Wildman–Crippen LogP) is 1.06. The average Bonchev–Trinajstić information content (AvgIpc) is 2.67. The lowest BCUT2D eigenvalue weighted by Gasteiger charge is -2.17. The van der Waals surface area contributed by atoms with Crippen LogP contribution in [0.4, 0.5) is 0 Å². The van der Waals surface area contributed by atoms with Crippen LogP contribution in [0.5, 0.6) is 5.75 Å². The molecule has 3 N–H and O–H groups in total. The summed E-state index contributed by atoms with van der Waals surface area (Å²) in [4.78, 5) is 4.19. The summed E-state index contributed by atoms with van der Waals surface area (Å²) in [5, 5.41) is 3.19. The lowest BCUT2D eigenvalue weighted by molar-refractivity contribution is 0.207. The number of aliphatic imine (C=N–C) groups is 1. The number of rotatable bonds is 4. The van der Waals surface area contributed by atoms with E-state index in [-0.39, 0.29) is 12.1 Å². The lowest BCUT2D eigenvalue weighted by Crippen LogP contribution is -2.39. The number of ether oxygens (including phenoxy) is 2. The third-order valence-corrected chi connectivity index (χ3v) is 2.92. The van der Waals surface area contributed by atoms with E-state index in [1.165, 1.54) is 0 Å². The molecule has 98 valence electrons. The van der Waals surface area contributed by atoms with Crippen molar-refractivity contribution < 1.29 is 9.47 Å². The molecule has 0 bridgehead atoms. The molecule has 1 heterocycles. The quantitative estimate of drug-likeness (QED) is 0.475. The maximum absolute atomic E-state index is 5.84. The van der Waals surface area contributed by atoms with Crippen LogP contribution >= 0.6 is 0 Å². The van der Waals surface area contributed by atoms with Gasteiger partial charge in [0, 0.05) is 12.7 Å². The molecule has 2 atom stereocenters. The lowest BCUT2D eigenvalue weighted by atomic mass is 10.1. The molecular formula is C13H19N3O2. The van der Waals surface area contributed by atoms with Crippen molar-refractivity contribution in [3.05, 3.63) is 29.8 Å². The van der Waals surface area contributed by atoms with Crippen LogP contribution in [-0.4, -0.2) is 32.3 Å². The molecule has 0 spiro atoms. The molecule has 2 unspecified atom stereocenters. The molecule has 1 aromatic rings. The molecule has 1 aromatic carbocycles. The Hall–Kier alpha value is -1.75. The van der Waals surface area contributed by atoms with Crippen LogP contribution < -0.4 is 15.8 Å². The minimum absolute atomic E-state index is 0.0403. The number of nitrogens with two attached hydrogens (primary N) is 1. The Balaban J connectivity index is 2.03. The van der Waals surface area contributed by atoms with E-state index in [0.29, 0.717) is 19.1 Å². The summed E-state index contributed by atoms with van der Waals surface area (Å²) in [6.07, 6.45) is 0.0403. The molecule has 5 nitrogen and oxygen atoms in total. The zero-order valence-electron chi connectivity index (χ0n) is 10.7. The first-order valence-electron chi connectivity index (χ1n) is 6.03. The highest BCUT2D eigenvalue weighted by atomic mass is 16.5. The van der Waals surface area contributed by atoms with E-state index < -0.39 is 0 Å². The maximum atomic E-state index is 5.84. The van der Waals surface area contributed by atoms with Gasteiger partial charge in [-0.1, -0.05) is 18.2 Å². The molecule has 1 aliphatic rings. The van der Waals surface area contributed by atoms with Gasteiger partial charge in [0.05, 0.1) is 19.2 Å². The average molecular weight is 249 g/mol. The molecule has 1 aliphatic heterocycles. The van der Waals surface area contributed by atoms with Crippen molar-refractivity contribution in [3.63, 3.8) is 0 Å². The minimum atomic E-state index is 0.0403. The van der Waals surface area contributed by atoms with Gasteiger partial charge < -0.3 is 20.5 Å². The molecule has 0 saturated carbocycles. The van der Waals surface area contributed by atoms with Crippen molar-refractivity contribution in [1.82, 2.24) is 5.32 Å². The molecular weight excluding hydrogens is 230 g/mol. The second-order valence-electron chi connectivity index (χ2n) is 4.24. The Morgan fingerprint density at radius 1 is 1.50 bits per heavy atom. The number of hydrogen-bond acceptors (Lipinski definition) is 3. The number of benzene rings is 1. The van der Waals surface area contributed by atoms with Gasteiger partial charge in [-0.05, 0) is 13.0 Å². The SMILES string of the molecule is COCCN=C(N)NC1c2ccccc2OC1C. The molecule has 5 heteroatoms. The second-order valence-corrected chi connectivity index (χ2v) is 4.24. The Bertz CT molecular complexity index is 434. The van der Waals surface area contributed by atoms with Gasteiger partial charge in [0.25, 0.3) is 0 Å². The number of nitrogens with one attached hydrogen (secondary N) is 1. The first-order chi connectivity index (χ1) is 8.72. The van der Waals surface area contributed by atoms with E-state index in [4.69, 9.17) is 15.2 Å². The standard InChI is InChI=1S/C13H19N3O2/c1-9-12(16-13(14)15-7-8-17-2)10-5-3-4-6-11(10)18-9/h3-6,9,12H,7-8H2,1-2H3,(H3,14,15,16). The van der Waals surface area contributed by atoms with Gasteiger partial charge >= 0.3 is 0 Å². The Morgan fingerprint density at radius 3 is 3.06 bits per heavy atom. The van der Waals surface area contributed by atoms with Crippen LogP contribution in [0.15, 0.2) is 29.3 Å². The highest BCUT2D eigenvalue weighted by molar-refractivity contribution is 5.78. The molecule has 0 aromatic heterocycles. The van der Waals surface area contributed by atoms with Gasteiger partial charge in [0.2, 0.25) is 0 Å². The fourth-order valence-corrected chi connectivity index (χ4v) is 2.02. The first-order valence-corrected chi connectivity index (χ1v) is 6.03. The van der Waals surface area contributed by atoms with E-state index in [2.05, 4.69) is 10.3 Å². The summed E-state index contributed by atoms with van der Waals surface area (Å²) in [5.41, 5.74) is 6.96. The Labute approximate surface area is 107 Å². The zero-order chi connectivity index (χ0) is 13.0. The van der Waals surface area contributed by atoms with Gasteiger partial charge in [-0.25, -0.2) is 0 Å². The van der Waals surface area contributed by atoms with E-state index >= 15 is 0 Å². The number of para-hydroxylation sites is 1. The van der Waals surface area contributed by atoms with Crippen LogP contribution in [0.25, 0.3) is 0 Å². The van der Waals surface area contributed by atoms with Crippen molar-refractivity contribution in [2.24, 2.45) is 10.7 Å². The van der Waals surface area contributed by atoms with Crippen LogP contribution in [-0.2, 0) is 4.74 Å². The number of methoxy groups -OCH3 is 1. The van der Waals surface area contributed by atoms with Crippen LogP contribution in [0, 0.1) is 0 Å². The fraction of sp³-hybridized carbons (Fsp3) is 0.462. The van der Waals surface area contributed by atoms with Crippen molar-refractivity contribution in [2.45, 2.75) is 19.1 Å². The number of hydrogen-bond donors (Lipinski definition) is 2. The van der Waals surface area contributed by atoms with Gasteiger partial charge in [-0.3, -0.25) is 4.99 Å². The Kier molecular flexibility index (Phi) is 4.04. The molecule has 0 aliphatic carbocycles. The van der Waals surface area contributed by atoms with Crippen molar-refractivity contribution in [3.8, 4) is 5.75 Å². The van der Waals surface area contributed by atoms with Gasteiger partial charge in [-0.2, -0.15) is 0 Å². The Morgan fingerprint density at radius 2 is 2.28 bits per heavy atom. The highest BCUT2D eigenvalue weighted by Crippen LogP contribution is 2.35. The molecule has 0 amide bonds. The van der Waals surface area contributed by atoms with E-state index in [1.54, 1.807) is 7.11 Å².